The number of esters is 1. The second-order valence-corrected chi connectivity index (χ2v) is 7.74. The van der Waals surface area contributed by atoms with E-state index in [2.05, 4.69) is 0 Å². The van der Waals surface area contributed by atoms with Crippen LogP contribution in [0.4, 0.5) is 0 Å². The normalized spacial score (nSPS) is 15.4. The first-order valence-electron chi connectivity index (χ1n) is 10.5. The third kappa shape index (κ3) is 5.10. The van der Waals surface area contributed by atoms with Crippen LogP contribution in [0.3, 0.4) is 0 Å². The number of rotatable bonds is 7. The number of hydrogen-bond donors (Lipinski definition) is 1. The molecule has 0 aliphatic carbocycles. The fraction of sp³-hybridized carbons (Fsp3) is 0.280. The number of nitriles is 1. The molecule has 2 amide bonds. The van der Waals surface area contributed by atoms with Gasteiger partial charge in [-0.25, -0.2) is 4.79 Å². The van der Waals surface area contributed by atoms with Gasteiger partial charge in [0.2, 0.25) is 0 Å². The standard InChI is InChI=1S/C25H24N2O6/c1-15(2)32-25(31)18-7-5-17(6-8-18)22-10-9-19(33-22)13-20-16(3)21(14-26)24(30)27(23(20)29)11-4-12-28/h5-10,13,15,28H,4,11-12H2,1-3H3. The minimum atomic E-state index is -0.665. The molecule has 0 atom stereocenters. The van der Waals surface area contributed by atoms with Gasteiger partial charge in [0.15, 0.2) is 0 Å². The number of nitrogens with zero attached hydrogens (tertiary/aromatic N) is 2. The highest BCUT2D eigenvalue weighted by Gasteiger charge is 2.35. The van der Waals surface area contributed by atoms with Crippen molar-refractivity contribution in [2.75, 3.05) is 13.2 Å². The second kappa shape index (κ2) is 10.1. The summed E-state index contributed by atoms with van der Waals surface area (Å²) in [4.78, 5) is 38.3. The van der Waals surface area contributed by atoms with Gasteiger partial charge in [0.25, 0.3) is 11.8 Å². The first-order valence-corrected chi connectivity index (χ1v) is 10.5. The zero-order valence-electron chi connectivity index (χ0n) is 18.6. The van der Waals surface area contributed by atoms with Gasteiger partial charge < -0.3 is 14.3 Å². The summed E-state index contributed by atoms with van der Waals surface area (Å²) in [6.07, 6.45) is 1.49. The van der Waals surface area contributed by atoms with Crippen molar-refractivity contribution in [3.63, 3.8) is 0 Å². The lowest BCUT2D eigenvalue weighted by molar-refractivity contribution is -0.140. The first-order chi connectivity index (χ1) is 15.8. The Balaban J connectivity index is 1.89. The summed E-state index contributed by atoms with van der Waals surface area (Å²) < 4.78 is 11.0. The molecular weight excluding hydrogens is 424 g/mol. The number of carbonyl (C=O) groups excluding carboxylic acids is 3. The predicted molar refractivity (Wildman–Crippen MR) is 119 cm³/mol. The number of hydrogen-bond acceptors (Lipinski definition) is 7. The Morgan fingerprint density at radius 3 is 2.48 bits per heavy atom. The van der Waals surface area contributed by atoms with E-state index in [1.165, 1.54) is 6.08 Å². The summed E-state index contributed by atoms with van der Waals surface area (Å²) in [6.45, 7) is 4.93. The predicted octanol–water partition coefficient (Wildman–Crippen LogP) is 3.49. The van der Waals surface area contributed by atoms with Gasteiger partial charge in [-0.05, 0) is 63.1 Å². The number of amides is 2. The van der Waals surface area contributed by atoms with E-state index in [0.717, 1.165) is 10.5 Å². The number of ether oxygens (including phenoxy) is 1. The van der Waals surface area contributed by atoms with E-state index in [0.29, 0.717) is 17.1 Å². The highest BCUT2D eigenvalue weighted by Crippen LogP contribution is 2.29. The number of aliphatic hydroxyl groups is 1. The maximum absolute atomic E-state index is 12.9. The molecule has 0 bridgehead atoms. The van der Waals surface area contributed by atoms with Crippen molar-refractivity contribution in [1.29, 1.82) is 5.26 Å². The molecule has 0 radical (unpaired) electrons. The van der Waals surface area contributed by atoms with Crippen molar-refractivity contribution in [1.82, 2.24) is 4.90 Å². The number of furan rings is 1. The monoisotopic (exact) mass is 448 g/mol. The van der Waals surface area contributed by atoms with E-state index >= 15 is 0 Å². The van der Waals surface area contributed by atoms with Crippen molar-refractivity contribution in [2.45, 2.75) is 33.3 Å². The second-order valence-electron chi connectivity index (χ2n) is 7.74. The Morgan fingerprint density at radius 1 is 1.18 bits per heavy atom. The highest BCUT2D eigenvalue weighted by molar-refractivity contribution is 6.19. The smallest absolute Gasteiger partial charge is 0.338 e. The van der Waals surface area contributed by atoms with Crippen LogP contribution in [0.2, 0.25) is 0 Å². The SMILES string of the molecule is CC1=C(C#N)C(=O)N(CCCO)C(=O)C1=Cc1ccc(-c2ccc(C(=O)OC(C)C)cc2)o1. The molecule has 2 heterocycles. The molecule has 1 aromatic carbocycles. The number of carbonyl (C=O) groups is 3. The lowest BCUT2D eigenvalue weighted by Crippen LogP contribution is -2.43. The molecule has 8 heteroatoms. The molecule has 170 valence electrons. The molecule has 0 spiro atoms. The summed E-state index contributed by atoms with van der Waals surface area (Å²) in [5.74, 6) is -0.736. The highest BCUT2D eigenvalue weighted by atomic mass is 16.5. The van der Waals surface area contributed by atoms with Crippen molar-refractivity contribution in [3.8, 4) is 17.4 Å². The Bertz CT molecular complexity index is 1180. The molecule has 33 heavy (non-hydrogen) atoms. The summed E-state index contributed by atoms with van der Waals surface area (Å²) in [5, 5.41) is 18.5. The van der Waals surface area contributed by atoms with Crippen LogP contribution in [0.5, 0.6) is 0 Å². The molecule has 0 fully saturated rings. The Kier molecular flexibility index (Phi) is 7.26. The van der Waals surface area contributed by atoms with E-state index in [1.807, 2.05) is 6.07 Å². The molecule has 1 aromatic heterocycles. The minimum Gasteiger partial charge on any atom is -0.459 e. The van der Waals surface area contributed by atoms with Gasteiger partial charge in [-0.1, -0.05) is 12.1 Å². The Labute approximate surface area is 191 Å². The molecule has 0 saturated heterocycles. The average Bonchev–Trinajstić information content (AvgIpc) is 3.25. The third-order valence-corrected chi connectivity index (χ3v) is 5.03. The maximum atomic E-state index is 12.9. The van der Waals surface area contributed by atoms with Gasteiger partial charge in [0, 0.05) is 24.3 Å². The largest absolute Gasteiger partial charge is 0.459 e. The number of aliphatic hydroxyl groups excluding tert-OH is 1. The molecular formula is C25H24N2O6. The molecule has 1 aliphatic rings. The van der Waals surface area contributed by atoms with Gasteiger partial charge in [-0.15, -0.1) is 0 Å². The quantitative estimate of drug-likeness (QED) is 0.391. The summed E-state index contributed by atoms with van der Waals surface area (Å²) in [7, 11) is 0. The summed E-state index contributed by atoms with van der Waals surface area (Å²) >= 11 is 0. The van der Waals surface area contributed by atoms with Crippen LogP contribution in [0.1, 0.15) is 43.3 Å². The molecule has 1 N–H and O–H groups in total. The molecule has 0 saturated carbocycles. The van der Waals surface area contributed by atoms with Gasteiger partial charge in [0.1, 0.15) is 23.2 Å². The van der Waals surface area contributed by atoms with Crippen LogP contribution in [0, 0.1) is 11.3 Å². The van der Waals surface area contributed by atoms with Crippen molar-refractivity contribution < 1.29 is 28.6 Å². The lowest BCUT2D eigenvalue weighted by Gasteiger charge is -2.27. The van der Waals surface area contributed by atoms with Crippen molar-refractivity contribution in [2.24, 2.45) is 0 Å². The summed E-state index contributed by atoms with van der Waals surface area (Å²) in [6, 6.07) is 12.0. The number of benzene rings is 1. The lowest BCUT2D eigenvalue weighted by atomic mass is 9.94. The first kappa shape index (κ1) is 23.7. The summed E-state index contributed by atoms with van der Waals surface area (Å²) in [5.41, 5.74) is 1.48. The molecule has 0 unspecified atom stereocenters. The van der Waals surface area contributed by atoms with E-state index in [-0.39, 0.29) is 42.4 Å². The van der Waals surface area contributed by atoms with Crippen LogP contribution in [0.25, 0.3) is 17.4 Å². The van der Waals surface area contributed by atoms with Gasteiger partial charge in [0.05, 0.1) is 11.7 Å². The topological polar surface area (TPSA) is 121 Å². The molecule has 3 rings (SSSR count). The zero-order chi connectivity index (χ0) is 24.1. The van der Waals surface area contributed by atoms with Crippen LogP contribution in [-0.2, 0) is 14.3 Å². The molecule has 8 nitrogen and oxygen atoms in total. The van der Waals surface area contributed by atoms with Crippen LogP contribution in [-0.4, -0.2) is 47.0 Å². The molecule has 2 aromatic rings. The Morgan fingerprint density at radius 2 is 1.88 bits per heavy atom. The van der Waals surface area contributed by atoms with Crippen LogP contribution in [0.15, 0.2) is 57.5 Å². The number of imide groups is 1. The molecule has 1 aliphatic heterocycles. The van der Waals surface area contributed by atoms with Crippen LogP contribution < -0.4 is 0 Å². The minimum absolute atomic E-state index is 0.0129. The van der Waals surface area contributed by atoms with Crippen molar-refractivity contribution >= 4 is 23.9 Å². The average molecular weight is 448 g/mol. The van der Waals surface area contributed by atoms with E-state index in [4.69, 9.17) is 14.3 Å². The fourth-order valence-corrected chi connectivity index (χ4v) is 3.34. The van der Waals surface area contributed by atoms with Crippen LogP contribution >= 0.6 is 0 Å². The maximum Gasteiger partial charge on any atom is 0.338 e. The van der Waals surface area contributed by atoms with E-state index in [9.17, 15) is 19.6 Å². The van der Waals surface area contributed by atoms with Crippen molar-refractivity contribution in [3.05, 3.63) is 64.4 Å². The van der Waals surface area contributed by atoms with E-state index in [1.54, 1.807) is 57.2 Å². The van der Waals surface area contributed by atoms with E-state index < -0.39 is 17.8 Å². The van der Waals surface area contributed by atoms with Gasteiger partial charge >= 0.3 is 5.97 Å². The Hall–Kier alpha value is -3.96. The van der Waals surface area contributed by atoms with Gasteiger partial charge in [-0.3, -0.25) is 14.5 Å². The van der Waals surface area contributed by atoms with Gasteiger partial charge in [-0.2, -0.15) is 5.26 Å². The fourth-order valence-electron chi connectivity index (χ4n) is 3.34. The zero-order valence-corrected chi connectivity index (χ0v) is 18.6. The third-order valence-electron chi connectivity index (χ3n) is 5.03.